The van der Waals surface area contributed by atoms with Crippen molar-refractivity contribution < 1.29 is 17.9 Å². The highest BCUT2D eigenvalue weighted by atomic mass is 35.5. The molecule has 31 heavy (non-hydrogen) atoms. The van der Waals surface area contributed by atoms with Crippen molar-refractivity contribution in [2.45, 2.75) is 116 Å². The van der Waals surface area contributed by atoms with Crippen LogP contribution in [0.4, 0.5) is 0 Å². The van der Waals surface area contributed by atoms with Crippen molar-refractivity contribution in [3.8, 4) is 0 Å². The van der Waals surface area contributed by atoms with E-state index in [1.54, 1.807) is 0 Å². The number of alkyl halides is 1. The molecule has 0 saturated heterocycles. The number of hydrogen-bond donors (Lipinski definition) is 0. The van der Waals surface area contributed by atoms with Crippen LogP contribution in [0.25, 0.3) is 0 Å². The van der Waals surface area contributed by atoms with Crippen molar-refractivity contribution in [1.29, 1.82) is 0 Å². The normalized spacial score (nSPS) is 34.3. The highest BCUT2D eigenvalue weighted by Crippen LogP contribution is 2.67. The second-order valence-corrected chi connectivity index (χ2v) is 13.3. The molecule has 0 unspecified atom stereocenters. The fourth-order valence-electron chi connectivity index (χ4n) is 7.52. The number of carbonyl (C=O) groups excluding carboxylic acids is 1. The van der Waals surface area contributed by atoms with Gasteiger partial charge in [0.25, 0.3) is 0 Å². The Bertz CT molecular complexity index is 740. The molecule has 4 aliphatic rings. The van der Waals surface area contributed by atoms with E-state index >= 15 is 0 Å². The van der Waals surface area contributed by atoms with Crippen molar-refractivity contribution >= 4 is 27.6 Å². The lowest BCUT2D eigenvalue weighted by Crippen LogP contribution is -2.54. The average Bonchev–Trinajstić information content (AvgIpc) is 3.09. The van der Waals surface area contributed by atoms with E-state index in [2.05, 4.69) is 13.8 Å². The molecule has 0 aromatic heterocycles. The fourth-order valence-corrected chi connectivity index (χ4v) is 10.4. The highest BCUT2D eigenvalue weighted by Gasteiger charge is 2.67. The summed E-state index contributed by atoms with van der Waals surface area (Å²) in [6.07, 6.45) is 13.1. The molecule has 0 aliphatic heterocycles. The zero-order chi connectivity index (χ0) is 22.3. The Morgan fingerprint density at radius 2 is 1.52 bits per heavy atom. The maximum absolute atomic E-state index is 14.2. The van der Waals surface area contributed by atoms with Gasteiger partial charge in [-0.2, -0.15) is 4.31 Å². The van der Waals surface area contributed by atoms with Crippen LogP contribution in [0, 0.1) is 16.7 Å². The van der Waals surface area contributed by atoms with Gasteiger partial charge in [-0.25, -0.2) is 8.42 Å². The van der Waals surface area contributed by atoms with Crippen LogP contribution in [0.3, 0.4) is 0 Å². The van der Waals surface area contributed by atoms with E-state index in [1.807, 2.05) is 4.31 Å². The van der Waals surface area contributed by atoms with E-state index in [0.717, 1.165) is 70.6 Å². The zero-order valence-corrected chi connectivity index (χ0v) is 20.9. The van der Waals surface area contributed by atoms with Crippen molar-refractivity contribution in [1.82, 2.24) is 4.31 Å². The second kappa shape index (κ2) is 9.13. The van der Waals surface area contributed by atoms with Gasteiger partial charge >= 0.3 is 5.97 Å². The number of carbonyl (C=O) groups is 1. The third-order valence-corrected chi connectivity index (χ3v) is 11.7. The molecule has 0 N–H and O–H groups in total. The van der Waals surface area contributed by atoms with Gasteiger partial charge < -0.3 is 4.74 Å². The molecule has 4 saturated carbocycles. The summed E-state index contributed by atoms with van der Waals surface area (Å²) in [5.74, 6) is -0.103. The Labute approximate surface area is 193 Å². The molecule has 3 atom stereocenters. The minimum Gasteiger partial charge on any atom is -0.461 e. The number of hydrogen-bond acceptors (Lipinski definition) is 4. The summed E-state index contributed by atoms with van der Waals surface area (Å²) in [4.78, 5) is 12.1. The summed E-state index contributed by atoms with van der Waals surface area (Å²) in [6, 6.07) is 0.285. The molecule has 5 nitrogen and oxygen atoms in total. The molecule has 4 fully saturated rings. The number of fused-ring (bicyclic) bond motifs is 2. The minimum atomic E-state index is -3.49. The van der Waals surface area contributed by atoms with Gasteiger partial charge in [-0.1, -0.05) is 52.4 Å². The molecule has 4 rings (SSSR count). The van der Waals surface area contributed by atoms with Gasteiger partial charge in [-0.15, -0.1) is 11.6 Å². The van der Waals surface area contributed by atoms with Crippen LogP contribution in [0.15, 0.2) is 0 Å². The van der Waals surface area contributed by atoms with E-state index in [4.69, 9.17) is 16.3 Å². The first-order valence-electron chi connectivity index (χ1n) is 12.5. The molecule has 0 spiro atoms. The standard InChI is InChI=1S/C24H40ClNO4S/c1-23(2)18-13-14-24(23,21(15-18)30-22(27)16-25)17-31(28,29)26(19-9-5-3-6-10-19)20-11-7-4-8-12-20/h18-21H,3-17H2,1-2H3/t18-,21-,24+/m1/s1. The van der Waals surface area contributed by atoms with E-state index in [0.29, 0.717) is 5.92 Å². The highest BCUT2D eigenvalue weighted by molar-refractivity contribution is 7.89. The predicted octanol–water partition coefficient (Wildman–Crippen LogP) is 5.26. The lowest BCUT2D eigenvalue weighted by atomic mass is 9.69. The fraction of sp³-hybridized carbons (Fsp3) is 0.958. The number of halogens is 1. The molecule has 178 valence electrons. The largest absolute Gasteiger partial charge is 0.461 e. The first-order valence-corrected chi connectivity index (χ1v) is 14.6. The first kappa shape index (κ1) is 23.8. The molecule has 0 aromatic carbocycles. The lowest BCUT2D eigenvalue weighted by Gasteiger charge is -2.46. The van der Waals surface area contributed by atoms with Gasteiger partial charge in [-0.3, -0.25) is 4.79 Å². The van der Waals surface area contributed by atoms with Crippen LogP contribution < -0.4 is 0 Å². The van der Waals surface area contributed by atoms with Crippen LogP contribution in [-0.4, -0.2) is 48.5 Å². The van der Waals surface area contributed by atoms with Gasteiger partial charge in [-0.05, 0) is 56.3 Å². The molecule has 7 heteroatoms. The van der Waals surface area contributed by atoms with Gasteiger partial charge in [0, 0.05) is 17.5 Å². The van der Waals surface area contributed by atoms with Gasteiger partial charge in [0.15, 0.2) is 0 Å². The third kappa shape index (κ3) is 4.30. The van der Waals surface area contributed by atoms with E-state index in [9.17, 15) is 13.2 Å². The quantitative estimate of drug-likeness (QED) is 0.373. The van der Waals surface area contributed by atoms with Crippen molar-refractivity contribution in [2.75, 3.05) is 11.6 Å². The van der Waals surface area contributed by atoms with Crippen LogP contribution in [0.2, 0.25) is 0 Å². The predicted molar refractivity (Wildman–Crippen MR) is 124 cm³/mol. The topological polar surface area (TPSA) is 63.7 Å². The Kier molecular flexibility index (Phi) is 7.02. The number of esters is 1. The van der Waals surface area contributed by atoms with Crippen LogP contribution in [-0.2, 0) is 19.6 Å². The molecule has 0 amide bonds. The number of ether oxygens (including phenoxy) is 1. The average molecular weight is 474 g/mol. The smallest absolute Gasteiger partial charge is 0.321 e. The summed E-state index contributed by atoms with van der Waals surface area (Å²) < 4.78 is 36.2. The summed E-state index contributed by atoms with van der Waals surface area (Å²) in [5.41, 5.74) is -0.679. The Morgan fingerprint density at radius 1 is 0.968 bits per heavy atom. The summed E-state index contributed by atoms with van der Waals surface area (Å²) in [7, 11) is -3.49. The minimum absolute atomic E-state index is 0.108. The van der Waals surface area contributed by atoms with E-state index < -0.39 is 21.4 Å². The Hall–Kier alpha value is -0.330. The van der Waals surface area contributed by atoms with Crippen molar-refractivity contribution in [3.05, 3.63) is 0 Å². The van der Waals surface area contributed by atoms with Crippen molar-refractivity contribution in [2.24, 2.45) is 16.7 Å². The summed E-state index contributed by atoms with van der Waals surface area (Å²) >= 11 is 5.73. The molecule has 2 bridgehead atoms. The molecule has 0 heterocycles. The first-order chi connectivity index (χ1) is 14.7. The summed E-state index contributed by atoms with van der Waals surface area (Å²) in [5, 5.41) is 0. The Morgan fingerprint density at radius 3 is 2.00 bits per heavy atom. The maximum Gasteiger partial charge on any atom is 0.321 e. The summed E-state index contributed by atoms with van der Waals surface area (Å²) in [6.45, 7) is 4.39. The Balaban J connectivity index is 1.65. The monoisotopic (exact) mass is 473 g/mol. The molecular formula is C24H40ClNO4S. The van der Waals surface area contributed by atoms with Gasteiger partial charge in [0.2, 0.25) is 10.0 Å². The maximum atomic E-state index is 14.2. The zero-order valence-electron chi connectivity index (χ0n) is 19.3. The van der Waals surface area contributed by atoms with Crippen LogP contribution in [0.1, 0.15) is 97.3 Å². The molecule has 0 aromatic rings. The van der Waals surface area contributed by atoms with Crippen molar-refractivity contribution in [3.63, 3.8) is 0 Å². The van der Waals surface area contributed by atoms with Crippen LogP contribution >= 0.6 is 11.6 Å². The SMILES string of the molecule is CC1(C)[C@@H]2CC[C@]1(CS(=O)(=O)N(C1CCCCC1)C1CCCCC1)[C@H](OC(=O)CCl)C2. The number of rotatable bonds is 7. The molecular weight excluding hydrogens is 434 g/mol. The number of sulfonamides is 1. The molecule has 4 aliphatic carbocycles. The number of nitrogens with zero attached hydrogens (tertiary/aromatic N) is 1. The van der Waals surface area contributed by atoms with Crippen LogP contribution in [0.5, 0.6) is 0 Å². The van der Waals surface area contributed by atoms with Gasteiger partial charge in [0.05, 0.1) is 5.75 Å². The third-order valence-electron chi connectivity index (χ3n) is 9.37. The second-order valence-electron chi connectivity index (χ2n) is 11.1. The lowest BCUT2D eigenvalue weighted by molar-refractivity contribution is -0.153. The van der Waals surface area contributed by atoms with E-state index in [-0.39, 0.29) is 35.2 Å². The van der Waals surface area contributed by atoms with E-state index in [1.165, 1.54) is 12.8 Å². The molecule has 0 radical (unpaired) electrons. The van der Waals surface area contributed by atoms with Gasteiger partial charge in [0.1, 0.15) is 12.0 Å².